The molecule has 0 aliphatic heterocycles. The molecule has 0 saturated heterocycles. The molecule has 0 radical (unpaired) electrons. The maximum atomic E-state index is 12.9. The minimum Gasteiger partial charge on any atom is -0.491 e. The number of rotatable bonds is 8. The number of aromatic amines is 1. The fourth-order valence-electron chi connectivity index (χ4n) is 4.50. The molecule has 0 unspecified atom stereocenters. The van der Waals surface area contributed by atoms with Gasteiger partial charge in [0.15, 0.2) is 9.84 Å². The van der Waals surface area contributed by atoms with Gasteiger partial charge in [-0.2, -0.15) is 0 Å². The summed E-state index contributed by atoms with van der Waals surface area (Å²) in [5, 5.41) is 9.38. The molecule has 0 bridgehead atoms. The van der Waals surface area contributed by atoms with Crippen LogP contribution in [0.5, 0.6) is 5.75 Å². The van der Waals surface area contributed by atoms with E-state index in [-0.39, 0.29) is 5.25 Å². The maximum absolute atomic E-state index is 12.9. The number of benzene rings is 2. The number of H-pyrrole nitrogens is 1. The van der Waals surface area contributed by atoms with Gasteiger partial charge in [0.2, 0.25) is 0 Å². The quantitative estimate of drug-likeness (QED) is 0.319. The van der Waals surface area contributed by atoms with Gasteiger partial charge < -0.3 is 14.3 Å². The van der Waals surface area contributed by atoms with E-state index in [2.05, 4.69) is 26.2 Å². The van der Waals surface area contributed by atoms with E-state index >= 15 is 0 Å². The van der Waals surface area contributed by atoms with E-state index < -0.39 is 9.84 Å². The van der Waals surface area contributed by atoms with Crippen molar-refractivity contribution in [1.29, 1.82) is 0 Å². The van der Waals surface area contributed by atoms with E-state index in [1.165, 1.54) is 0 Å². The smallest absolute Gasteiger partial charge is 0.181 e. The zero-order valence-electron chi connectivity index (χ0n) is 19.3. The summed E-state index contributed by atoms with van der Waals surface area (Å²) in [7, 11) is -3.28. The Morgan fingerprint density at radius 1 is 1.11 bits per heavy atom. The van der Waals surface area contributed by atoms with Gasteiger partial charge >= 0.3 is 0 Å². The van der Waals surface area contributed by atoms with Gasteiger partial charge in [-0.1, -0.05) is 12.1 Å². The van der Waals surface area contributed by atoms with E-state index in [0.29, 0.717) is 11.5 Å². The Labute approximate surface area is 202 Å². The lowest BCUT2D eigenvalue weighted by molar-refractivity contribution is 0.304. The van der Waals surface area contributed by atoms with Crippen molar-refractivity contribution in [3.63, 3.8) is 0 Å². The number of ether oxygens (including phenoxy) is 1. The second-order valence-electron chi connectivity index (χ2n) is 9.07. The molecule has 0 amide bonds. The molecule has 0 spiro atoms. The number of sulfone groups is 1. The normalized spacial score (nSPS) is 14.1. The molecule has 1 N–H and O–H groups in total. The number of fused-ring (bicyclic) bond motifs is 3. The van der Waals surface area contributed by atoms with Crippen molar-refractivity contribution >= 4 is 31.8 Å². The van der Waals surface area contributed by atoms with Gasteiger partial charge in [0, 0.05) is 23.5 Å². The Morgan fingerprint density at radius 2 is 1.94 bits per heavy atom. The Kier molecular flexibility index (Phi) is 5.29. The first kappa shape index (κ1) is 21.8. The van der Waals surface area contributed by atoms with Gasteiger partial charge in [0.25, 0.3) is 0 Å². The fraction of sp³-hybridized carbons (Fsp3) is 0.269. The second-order valence-corrected chi connectivity index (χ2v) is 11.3. The Hall–Kier alpha value is -3.72. The molecule has 6 rings (SSSR count). The molecule has 35 heavy (non-hydrogen) atoms. The van der Waals surface area contributed by atoms with Gasteiger partial charge in [0.1, 0.15) is 24.1 Å². The van der Waals surface area contributed by atoms with Crippen molar-refractivity contribution in [3.8, 4) is 16.9 Å². The Balaban J connectivity index is 1.41. The highest BCUT2D eigenvalue weighted by molar-refractivity contribution is 7.92. The number of nitrogens with zero attached hydrogens (tertiary/aromatic N) is 4. The van der Waals surface area contributed by atoms with Gasteiger partial charge in [-0.3, -0.25) is 0 Å². The third-order valence-electron chi connectivity index (χ3n) is 6.43. The highest BCUT2D eigenvalue weighted by atomic mass is 32.2. The van der Waals surface area contributed by atoms with Crippen molar-refractivity contribution in [1.82, 2.24) is 24.7 Å². The van der Waals surface area contributed by atoms with Crippen molar-refractivity contribution in [2.75, 3.05) is 6.61 Å². The molecule has 8 nitrogen and oxygen atoms in total. The average Bonchev–Trinajstić information content (AvgIpc) is 3.49. The first-order valence-corrected chi connectivity index (χ1v) is 13.3. The van der Waals surface area contributed by atoms with Crippen LogP contribution in [0.2, 0.25) is 0 Å². The van der Waals surface area contributed by atoms with Crippen molar-refractivity contribution in [2.45, 2.75) is 42.9 Å². The highest BCUT2D eigenvalue weighted by Gasteiger charge is 2.37. The number of pyridine rings is 1. The largest absolute Gasteiger partial charge is 0.491 e. The number of nitrogens with one attached hydrogen (secondary N) is 1. The van der Waals surface area contributed by atoms with Crippen molar-refractivity contribution < 1.29 is 13.2 Å². The molecule has 3 heterocycles. The Morgan fingerprint density at radius 3 is 2.74 bits per heavy atom. The van der Waals surface area contributed by atoms with Gasteiger partial charge in [0.05, 0.1) is 22.3 Å². The van der Waals surface area contributed by atoms with Crippen LogP contribution in [0.15, 0.2) is 66.2 Å². The molecular weight excluding hydrogens is 462 g/mol. The highest BCUT2D eigenvalue weighted by Crippen LogP contribution is 2.40. The number of hydrogen-bond donors (Lipinski definition) is 1. The monoisotopic (exact) mass is 487 g/mol. The predicted molar refractivity (Wildman–Crippen MR) is 134 cm³/mol. The molecule has 1 aliphatic rings. The Bertz CT molecular complexity index is 1640. The number of aromatic nitrogens is 5. The first-order chi connectivity index (χ1) is 17.0. The number of hydrogen-bond acceptors (Lipinski definition) is 6. The lowest BCUT2D eigenvalue weighted by atomic mass is 9.99. The molecule has 0 atom stereocenters. The minimum absolute atomic E-state index is 0.244. The lowest BCUT2D eigenvalue weighted by Gasteiger charge is -2.12. The van der Waals surface area contributed by atoms with Gasteiger partial charge in [-0.25, -0.2) is 13.4 Å². The molecule has 1 aliphatic carbocycles. The van der Waals surface area contributed by atoms with E-state index in [1.54, 1.807) is 24.8 Å². The summed E-state index contributed by atoms with van der Waals surface area (Å²) >= 11 is 0. The molecule has 5 aromatic rings. The molecule has 178 valence electrons. The predicted octanol–water partition coefficient (Wildman–Crippen LogP) is 4.69. The molecule has 1 fully saturated rings. The summed E-state index contributed by atoms with van der Waals surface area (Å²) in [6.45, 7) is 3.31. The summed E-state index contributed by atoms with van der Waals surface area (Å²) in [4.78, 5) is 8.40. The summed E-state index contributed by atoms with van der Waals surface area (Å²) in [5.41, 5.74) is 4.49. The number of aryl methyl sites for hydroxylation is 2. The van der Waals surface area contributed by atoms with E-state index in [1.807, 2.05) is 42.0 Å². The van der Waals surface area contributed by atoms with Crippen molar-refractivity contribution in [2.24, 2.45) is 0 Å². The fourth-order valence-corrected chi connectivity index (χ4v) is 6.21. The summed E-state index contributed by atoms with van der Waals surface area (Å²) in [6.07, 6.45) is 7.51. The zero-order chi connectivity index (χ0) is 24.0. The van der Waals surface area contributed by atoms with Crippen LogP contribution < -0.4 is 4.74 Å². The molecular formula is C26H25N5O3S. The van der Waals surface area contributed by atoms with E-state index in [0.717, 1.165) is 70.2 Å². The average molecular weight is 488 g/mol. The standard InChI is InChI=1S/C26H25N5O3S/c1-17-12-22-24-21(18-4-2-5-20(13-18)35(32,33)19-6-7-19)8-9-23(25(24)30-26(22)27-14-17)34-11-3-10-31-15-28-29-16-31/h2,4-5,8-9,12-16,19H,3,6-7,10-11H2,1H3,(H,27,30). The third-order valence-corrected chi connectivity index (χ3v) is 8.69. The van der Waals surface area contributed by atoms with Crippen LogP contribution in [0, 0.1) is 6.92 Å². The van der Waals surface area contributed by atoms with Gasteiger partial charge in [-0.15, -0.1) is 10.2 Å². The van der Waals surface area contributed by atoms with Crippen LogP contribution in [0.1, 0.15) is 24.8 Å². The second kappa shape index (κ2) is 8.49. The van der Waals surface area contributed by atoms with Crippen LogP contribution in [-0.2, 0) is 16.4 Å². The topological polar surface area (TPSA) is 103 Å². The SMILES string of the molecule is Cc1cnc2[nH]c3c(OCCCn4cnnc4)ccc(-c4cccc(S(=O)(=O)C5CC5)c4)c3c2c1. The molecule has 3 aromatic heterocycles. The third kappa shape index (κ3) is 4.05. The van der Waals surface area contributed by atoms with Crippen LogP contribution in [0.25, 0.3) is 33.1 Å². The summed E-state index contributed by atoms with van der Waals surface area (Å²) in [5.74, 6) is 0.741. The zero-order valence-corrected chi connectivity index (χ0v) is 20.1. The van der Waals surface area contributed by atoms with Crippen LogP contribution >= 0.6 is 0 Å². The first-order valence-electron chi connectivity index (χ1n) is 11.7. The van der Waals surface area contributed by atoms with Crippen molar-refractivity contribution in [3.05, 3.63) is 66.9 Å². The molecule has 2 aromatic carbocycles. The summed E-state index contributed by atoms with van der Waals surface area (Å²) < 4.78 is 33.9. The van der Waals surface area contributed by atoms with Crippen LogP contribution in [-0.4, -0.2) is 45.0 Å². The van der Waals surface area contributed by atoms with Gasteiger partial charge in [-0.05, 0) is 73.2 Å². The molecule has 1 saturated carbocycles. The maximum Gasteiger partial charge on any atom is 0.181 e. The molecule has 9 heteroatoms. The summed E-state index contributed by atoms with van der Waals surface area (Å²) in [6, 6.07) is 13.3. The van der Waals surface area contributed by atoms with E-state index in [9.17, 15) is 8.42 Å². The van der Waals surface area contributed by atoms with Crippen LogP contribution in [0.3, 0.4) is 0 Å². The van der Waals surface area contributed by atoms with E-state index in [4.69, 9.17) is 4.74 Å². The van der Waals surface area contributed by atoms with Crippen LogP contribution in [0.4, 0.5) is 0 Å². The minimum atomic E-state index is -3.28. The lowest BCUT2D eigenvalue weighted by Crippen LogP contribution is -2.07.